The Morgan fingerprint density at radius 1 is 1.14 bits per heavy atom. The Kier molecular flexibility index (Phi) is 4.59. The van der Waals surface area contributed by atoms with Crippen LogP contribution in [0.25, 0.3) is 0 Å². The predicted octanol–water partition coefficient (Wildman–Crippen LogP) is 2.87. The minimum Gasteiger partial charge on any atom is -0.333 e. The van der Waals surface area contributed by atoms with Crippen molar-refractivity contribution in [1.82, 2.24) is 10.2 Å². The highest BCUT2D eigenvalue weighted by atomic mass is 16.2. The van der Waals surface area contributed by atoms with Crippen LogP contribution in [0.1, 0.15) is 27.2 Å². The van der Waals surface area contributed by atoms with E-state index in [2.05, 4.69) is 10.6 Å². The number of rotatable bonds is 2. The van der Waals surface area contributed by atoms with Gasteiger partial charge in [0.2, 0.25) is 0 Å². The molecule has 0 atom stereocenters. The Bertz CT molecular complexity index is 548. The fraction of sp³-hybridized carbons (Fsp3) is 0.500. The number of urea groups is 2. The van der Waals surface area contributed by atoms with Crippen LogP contribution in [0.15, 0.2) is 24.3 Å². The van der Waals surface area contributed by atoms with Gasteiger partial charge in [0.25, 0.3) is 0 Å². The second-order valence-corrected chi connectivity index (χ2v) is 6.59. The number of carbonyl (C=O) groups excluding carboxylic acids is 2. The molecule has 0 spiro atoms. The monoisotopic (exact) mass is 304 g/mol. The molecule has 0 aliphatic carbocycles. The molecule has 4 amide bonds. The maximum absolute atomic E-state index is 12.1. The molecule has 1 aromatic carbocycles. The summed E-state index contributed by atoms with van der Waals surface area (Å²) in [5, 5.41) is 5.62. The van der Waals surface area contributed by atoms with E-state index in [4.69, 9.17) is 0 Å². The van der Waals surface area contributed by atoms with E-state index in [9.17, 15) is 9.59 Å². The second-order valence-electron chi connectivity index (χ2n) is 6.59. The Morgan fingerprint density at radius 3 is 2.36 bits per heavy atom. The number of hydrogen-bond acceptors (Lipinski definition) is 2. The molecule has 0 bridgehead atoms. The first-order chi connectivity index (χ1) is 10.3. The van der Waals surface area contributed by atoms with E-state index in [0.717, 1.165) is 25.2 Å². The van der Waals surface area contributed by atoms with Crippen LogP contribution >= 0.6 is 0 Å². The predicted molar refractivity (Wildman–Crippen MR) is 88.3 cm³/mol. The molecule has 1 aliphatic heterocycles. The van der Waals surface area contributed by atoms with Crippen LogP contribution in [0.5, 0.6) is 0 Å². The van der Waals surface area contributed by atoms with Gasteiger partial charge in [-0.1, -0.05) is 0 Å². The lowest BCUT2D eigenvalue weighted by molar-refractivity contribution is 0.207. The smallest absolute Gasteiger partial charge is 0.324 e. The zero-order chi connectivity index (χ0) is 16.3. The van der Waals surface area contributed by atoms with Crippen LogP contribution in [0.3, 0.4) is 0 Å². The van der Waals surface area contributed by atoms with E-state index in [0.29, 0.717) is 5.69 Å². The van der Waals surface area contributed by atoms with E-state index in [-0.39, 0.29) is 17.6 Å². The first-order valence-electron chi connectivity index (χ1n) is 7.48. The molecule has 1 fully saturated rings. The molecular formula is C16H24N4O2. The fourth-order valence-corrected chi connectivity index (χ4v) is 2.33. The zero-order valence-electron chi connectivity index (χ0n) is 13.6. The number of nitrogens with zero attached hydrogens (tertiary/aromatic N) is 2. The molecule has 0 saturated carbocycles. The Hall–Kier alpha value is -2.24. The lowest BCUT2D eigenvalue weighted by atomic mass is 10.1. The van der Waals surface area contributed by atoms with Crippen molar-refractivity contribution < 1.29 is 9.59 Å². The minimum absolute atomic E-state index is 0.0115. The molecule has 120 valence electrons. The fourth-order valence-electron chi connectivity index (χ4n) is 2.33. The normalized spacial score (nSPS) is 15.7. The molecule has 1 heterocycles. The maximum atomic E-state index is 12.1. The standard InChI is InChI=1S/C16H24N4O2/c1-16(2,3)18-14(21)17-12-6-8-13(9-7-12)20-11-5-10-19(4)15(20)22/h6-9H,5,10-11H2,1-4H3,(H2,17,18,21). The SMILES string of the molecule is CN1CCCN(c2ccc(NC(=O)NC(C)(C)C)cc2)C1=O. The molecule has 1 saturated heterocycles. The highest BCUT2D eigenvalue weighted by molar-refractivity contribution is 5.93. The molecule has 2 rings (SSSR count). The van der Waals surface area contributed by atoms with E-state index in [1.54, 1.807) is 29.0 Å². The van der Waals surface area contributed by atoms with Crippen LogP contribution < -0.4 is 15.5 Å². The van der Waals surface area contributed by atoms with Gasteiger partial charge in [-0.25, -0.2) is 9.59 Å². The van der Waals surface area contributed by atoms with Gasteiger partial charge in [-0.2, -0.15) is 0 Å². The third kappa shape index (κ3) is 4.13. The van der Waals surface area contributed by atoms with Gasteiger partial charge in [0.05, 0.1) is 0 Å². The Balaban J connectivity index is 2.01. The topological polar surface area (TPSA) is 64.7 Å². The van der Waals surface area contributed by atoms with Crippen LogP contribution in [-0.2, 0) is 0 Å². The molecule has 2 N–H and O–H groups in total. The average Bonchev–Trinajstić information content (AvgIpc) is 2.41. The van der Waals surface area contributed by atoms with Crippen molar-refractivity contribution in [2.45, 2.75) is 32.7 Å². The highest BCUT2D eigenvalue weighted by Gasteiger charge is 2.23. The van der Waals surface area contributed by atoms with Crippen LogP contribution in [0.4, 0.5) is 21.0 Å². The average molecular weight is 304 g/mol. The number of nitrogens with one attached hydrogen (secondary N) is 2. The quantitative estimate of drug-likeness (QED) is 0.882. The third-order valence-electron chi connectivity index (χ3n) is 3.36. The highest BCUT2D eigenvalue weighted by Crippen LogP contribution is 2.21. The summed E-state index contributed by atoms with van der Waals surface area (Å²) < 4.78 is 0. The summed E-state index contributed by atoms with van der Waals surface area (Å²) in [5.41, 5.74) is 1.26. The summed E-state index contributed by atoms with van der Waals surface area (Å²) in [7, 11) is 1.81. The maximum Gasteiger partial charge on any atom is 0.324 e. The van der Waals surface area contributed by atoms with Crippen molar-refractivity contribution in [2.75, 3.05) is 30.4 Å². The Labute approximate surface area is 131 Å². The first-order valence-corrected chi connectivity index (χ1v) is 7.48. The number of anilines is 2. The van der Waals surface area contributed by atoms with Crippen molar-refractivity contribution in [3.63, 3.8) is 0 Å². The van der Waals surface area contributed by atoms with Crippen molar-refractivity contribution in [2.24, 2.45) is 0 Å². The van der Waals surface area contributed by atoms with Gasteiger partial charge in [0.15, 0.2) is 0 Å². The number of benzene rings is 1. The van der Waals surface area contributed by atoms with E-state index in [1.807, 2.05) is 32.9 Å². The van der Waals surface area contributed by atoms with Gasteiger partial charge < -0.3 is 15.5 Å². The van der Waals surface area contributed by atoms with Crippen LogP contribution in [0.2, 0.25) is 0 Å². The summed E-state index contributed by atoms with van der Waals surface area (Å²) in [6.07, 6.45) is 0.955. The molecule has 1 aromatic rings. The summed E-state index contributed by atoms with van der Waals surface area (Å²) in [6, 6.07) is 7.08. The molecule has 1 aliphatic rings. The van der Waals surface area contributed by atoms with Gasteiger partial charge >= 0.3 is 12.1 Å². The van der Waals surface area contributed by atoms with Crippen molar-refractivity contribution in [3.8, 4) is 0 Å². The minimum atomic E-state index is -0.283. The summed E-state index contributed by atoms with van der Waals surface area (Å²) in [4.78, 5) is 27.4. The molecular weight excluding hydrogens is 280 g/mol. The molecule has 22 heavy (non-hydrogen) atoms. The summed E-state index contributed by atoms with van der Waals surface area (Å²) in [6.45, 7) is 7.29. The summed E-state index contributed by atoms with van der Waals surface area (Å²) >= 11 is 0. The molecule has 0 radical (unpaired) electrons. The van der Waals surface area contributed by atoms with Gasteiger partial charge in [-0.3, -0.25) is 4.90 Å². The second kappa shape index (κ2) is 6.25. The van der Waals surface area contributed by atoms with E-state index in [1.165, 1.54) is 0 Å². The third-order valence-corrected chi connectivity index (χ3v) is 3.36. The number of amides is 4. The number of carbonyl (C=O) groups is 2. The van der Waals surface area contributed by atoms with E-state index < -0.39 is 0 Å². The zero-order valence-corrected chi connectivity index (χ0v) is 13.6. The molecule has 6 heteroatoms. The summed E-state index contributed by atoms with van der Waals surface area (Å²) in [5.74, 6) is 0. The van der Waals surface area contributed by atoms with Crippen molar-refractivity contribution in [1.29, 1.82) is 0 Å². The first kappa shape index (κ1) is 16.1. The molecule has 0 aromatic heterocycles. The van der Waals surface area contributed by atoms with Gasteiger partial charge in [-0.05, 0) is 51.5 Å². The lowest BCUT2D eigenvalue weighted by Gasteiger charge is -2.33. The molecule has 0 unspecified atom stereocenters. The van der Waals surface area contributed by atoms with Crippen molar-refractivity contribution in [3.05, 3.63) is 24.3 Å². The van der Waals surface area contributed by atoms with E-state index >= 15 is 0 Å². The van der Waals surface area contributed by atoms with Crippen molar-refractivity contribution >= 4 is 23.4 Å². The van der Waals surface area contributed by atoms with Gasteiger partial charge in [-0.15, -0.1) is 0 Å². The lowest BCUT2D eigenvalue weighted by Crippen LogP contribution is -2.47. The number of hydrogen-bond donors (Lipinski definition) is 2. The van der Waals surface area contributed by atoms with Gasteiger partial charge in [0, 0.05) is 37.1 Å². The van der Waals surface area contributed by atoms with Gasteiger partial charge in [0.1, 0.15) is 0 Å². The Morgan fingerprint density at radius 2 is 1.77 bits per heavy atom. The van der Waals surface area contributed by atoms with Crippen LogP contribution in [-0.4, -0.2) is 42.6 Å². The molecule has 6 nitrogen and oxygen atoms in total. The van der Waals surface area contributed by atoms with Crippen LogP contribution in [0, 0.1) is 0 Å². The largest absolute Gasteiger partial charge is 0.333 e.